The van der Waals surface area contributed by atoms with Crippen LogP contribution in [0.5, 0.6) is 0 Å². The quantitative estimate of drug-likeness (QED) is 0.505. The highest BCUT2D eigenvalue weighted by Gasteiger charge is 2.16. The molecule has 0 fully saturated rings. The molecule has 0 saturated heterocycles. The lowest BCUT2D eigenvalue weighted by molar-refractivity contribution is 1.07. The summed E-state index contributed by atoms with van der Waals surface area (Å²) in [5.41, 5.74) is 5.95. The molecule has 0 bridgehead atoms. The van der Waals surface area contributed by atoms with E-state index >= 15 is 0 Å². The number of hydrogen-bond acceptors (Lipinski definition) is 0. The third kappa shape index (κ3) is 3.24. The van der Waals surface area contributed by atoms with E-state index in [0.717, 1.165) is 14.5 Å². The Bertz CT molecular complexity index is 620. The molecular weight excluding hydrogens is 387 g/mol. The van der Waals surface area contributed by atoms with Crippen LogP contribution in [0.1, 0.15) is 33.2 Å². The van der Waals surface area contributed by atoms with Gasteiger partial charge in [-0.25, -0.2) is 0 Å². The van der Waals surface area contributed by atoms with Gasteiger partial charge in [0.05, 0.1) is 5.38 Å². The Labute approximate surface area is 136 Å². The summed E-state index contributed by atoms with van der Waals surface area (Å²) in [4.78, 5) is 0. The lowest BCUT2D eigenvalue weighted by atomic mass is 9.95. The molecule has 0 heterocycles. The molecule has 100 valence electrons. The molecule has 0 aliphatic heterocycles. The van der Waals surface area contributed by atoms with Crippen molar-refractivity contribution in [3.8, 4) is 0 Å². The van der Waals surface area contributed by atoms with Gasteiger partial charge in [0.25, 0.3) is 0 Å². The molecule has 0 radical (unpaired) electrons. The molecule has 0 aromatic heterocycles. The van der Waals surface area contributed by atoms with Gasteiger partial charge in [0.1, 0.15) is 0 Å². The highest BCUT2D eigenvalue weighted by Crippen LogP contribution is 2.36. The molecule has 0 aliphatic carbocycles. The van der Waals surface area contributed by atoms with E-state index in [2.05, 4.69) is 76.9 Å². The summed E-state index contributed by atoms with van der Waals surface area (Å²) in [5, 5.41) is -0.121. The SMILES string of the molecule is Cc1cc(C(Cl)c2cc(Br)ccc2C)c(C)cc1Br. The van der Waals surface area contributed by atoms with Gasteiger partial charge in [0.2, 0.25) is 0 Å². The molecule has 1 atom stereocenters. The molecule has 0 spiro atoms. The van der Waals surface area contributed by atoms with Gasteiger partial charge in [-0.15, -0.1) is 11.6 Å². The zero-order valence-electron chi connectivity index (χ0n) is 11.1. The normalized spacial score (nSPS) is 12.5. The molecule has 3 heteroatoms. The van der Waals surface area contributed by atoms with Crippen molar-refractivity contribution in [3.63, 3.8) is 0 Å². The summed E-state index contributed by atoms with van der Waals surface area (Å²) in [7, 11) is 0. The van der Waals surface area contributed by atoms with E-state index in [4.69, 9.17) is 11.6 Å². The van der Waals surface area contributed by atoms with Gasteiger partial charge in [0.15, 0.2) is 0 Å². The van der Waals surface area contributed by atoms with Crippen LogP contribution >= 0.6 is 43.5 Å². The predicted molar refractivity (Wildman–Crippen MR) is 90.2 cm³/mol. The zero-order valence-corrected chi connectivity index (χ0v) is 15.0. The van der Waals surface area contributed by atoms with Crippen molar-refractivity contribution in [2.24, 2.45) is 0 Å². The van der Waals surface area contributed by atoms with Gasteiger partial charge in [0, 0.05) is 8.95 Å². The van der Waals surface area contributed by atoms with Crippen LogP contribution in [-0.2, 0) is 0 Å². The van der Waals surface area contributed by atoms with Gasteiger partial charge in [-0.1, -0.05) is 44.0 Å². The van der Waals surface area contributed by atoms with Crippen molar-refractivity contribution >= 4 is 43.5 Å². The van der Waals surface area contributed by atoms with Gasteiger partial charge in [-0.2, -0.15) is 0 Å². The fourth-order valence-electron chi connectivity index (χ4n) is 2.13. The minimum absolute atomic E-state index is 0.121. The summed E-state index contributed by atoms with van der Waals surface area (Å²) in [6, 6.07) is 10.5. The second kappa shape index (κ2) is 5.99. The first-order valence-electron chi connectivity index (χ1n) is 6.07. The van der Waals surface area contributed by atoms with E-state index < -0.39 is 0 Å². The molecule has 0 aliphatic rings. The fraction of sp³-hybridized carbons (Fsp3) is 0.250. The summed E-state index contributed by atoms with van der Waals surface area (Å²) >= 11 is 13.8. The summed E-state index contributed by atoms with van der Waals surface area (Å²) < 4.78 is 2.19. The van der Waals surface area contributed by atoms with E-state index in [1.165, 1.54) is 22.3 Å². The highest BCUT2D eigenvalue weighted by molar-refractivity contribution is 9.10. The van der Waals surface area contributed by atoms with Crippen LogP contribution in [-0.4, -0.2) is 0 Å². The minimum Gasteiger partial charge on any atom is -0.113 e. The maximum atomic E-state index is 6.70. The maximum absolute atomic E-state index is 6.70. The molecule has 0 nitrogen and oxygen atoms in total. The third-order valence-corrected chi connectivity index (χ3v) is 5.15. The van der Waals surface area contributed by atoms with Crippen LogP contribution in [0, 0.1) is 20.8 Å². The zero-order chi connectivity index (χ0) is 14.2. The van der Waals surface area contributed by atoms with E-state index in [1.54, 1.807) is 0 Å². The van der Waals surface area contributed by atoms with Gasteiger partial charge in [-0.3, -0.25) is 0 Å². The molecular formula is C16H15Br2Cl. The van der Waals surface area contributed by atoms with Crippen molar-refractivity contribution in [1.29, 1.82) is 0 Å². The van der Waals surface area contributed by atoms with Crippen molar-refractivity contribution in [1.82, 2.24) is 0 Å². The lowest BCUT2D eigenvalue weighted by Crippen LogP contribution is -2.00. The Morgan fingerprint density at radius 1 is 0.842 bits per heavy atom. The molecule has 2 aromatic rings. The van der Waals surface area contributed by atoms with E-state index in [0.29, 0.717) is 0 Å². The van der Waals surface area contributed by atoms with Crippen LogP contribution in [0.4, 0.5) is 0 Å². The van der Waals surface area contributed by atoms with Gasteiger partial charge >= 0.3 is 0 Å². The molecule has 0 N–H and O–H groups in total. The average molecular weight is 403 g/mol. The second-order valence-electron chi connectivity index (χ2n) is 4.82. The Morgan fingerprint density at radius 3 is 2.16 bits per heavy atom. The van der Waals surface area contributed by atoms with Crippen LogP contribution in [0.25, 0.3) is 0 Å². The third-order valence-electron chi connectivity index (χ3n) is 3.33. The van der Waals surface area contributed by atoms with Gasteiger partial charge < -0.3 is 0 Å². The lowest BCUT2D eigenvalue weighted by Gasteiger charge is -2.17. The second-order valence-corrected chi connectivity index (χ2v) is 7.03. The number of halogens is 3. The van der Waals surface area contributed by atoms with E-state index in [1.807, 2.05) is 6.07 Å². The molecule has 2 rings (SSSR count). The number of rotatable bonds is 2. The van der Waals surface area contributed by atoms with E-state index in [-0.39, 0.29) is 5.38 Å². The summed E-state index contributed by atoms with van der Waals surface area (Å²) in [6.07, 6.45) is 0. The van der Waals surface area contributed by atoms with Crippen LogP contribution in [0.3, 0.4) is 0 Å². The molecule has 19 heavy (non-hydrogen) atoms. The Hall–Kier alpha value is -0.310. The van der Waals surface area contributed by atoms with Gasteiger partial charge in [-0.05, 0) is 66.8 Å². The first-order valence-corrected chi connectivity index (χ1v) is 8.09. The first-order chi connectivity index (χ1) is 8.90. The number of aryl methyl sites for hydroxylation is 3. The summed E-state index contributed by atoms with van der Waals surface area (Å²) in [5.74, 6) is 0. The minimum atomic E-state index is -0.121. The smallest absolute Gasteiger partial charge is 0.0841 e. The molecule has 2 aromatic carbocycles. The Morgan fingerprint density at radius 2 is 1.47 bits per heavy atom. The Balaban J connectivity index is 2.52. The predicted octanol–water partition coefficient (Wildman–Crippen LogP) is 6.47. The monoisotopic (exact) mass is 400 g/mol. The average Bonchev–Trinajstić information content (AvgIpc) is 2.36. The maximum Gasteiger partial charge on any atom is 0.0841 e. The molecule has 1 unspecified atom stereocenters. The van der Waals surface area contributed by atoms with Crippen LogP contribution in [0.15, 0.2) is 39.3 Å². The van der Waals surface area contributed by atoms with Crippen LogP contribution < -0.4 is 0 Å². The Kier molecular flexibility index (Phi) is 4.75. The number of hydrogen-bond donors (Lipinski definition) is 0. The highest BCUT2D eigenvalue weighted by atomic mass is 79.9. The van der Waals surface area contributed by atoms with Crippen LogP contribution in [0.2, 0.25) is 0 Å². The topological polar surface area (TPSA) is 0 Å². The van der Waals surface area contributed by atoms with Crippen molar-refractivity contribution in [2.75, 3.05) is 0 Å². The molecule has 0 amide bonds. The largest absolute Gasteiger partial charge is 0.113 e. The first kappa shape index (κ1) is 15.1. The van der Waals surface area contributed by atoms with Crippen molar-refractivity contribution in [3.05, 3.63) is 67.1 Å². The number of benzene rings is 2. The summed E-state index contributed by atoms with van der Waals surface area (Å²) in [6.45, 7) is 6.28. The fourth-order valence-corrected chi connectivity index (χ4v) is 3.44. The number of alkyl halides is 1. The van der Waals surface area contributed by atoms with E-state index in [9.17, 15) is 0 Å². The standard InChI is InChI=1S/C16H15Br2Cl/c1-9-4-5-12(17)8-14(9)16(19)13-6-11(3)15(18)7-10(13)2/h4-8,16H,1-3H3. The van der Waals surface area contributed by atoms with Crippen molar-refractivity contribution in [2.45, 2.75) is 26.1 Å². The molecule has 0 saturated carbocycles. The van der Waals surface area contributed by atoms with Crippen molar-refractivity contribution < 1.29 is 0 Å².